The molecule has 0 unspecified atom stereocenters. The summed E-state index contributed by atoms with van der Waals surface area (Å²) >= 11 is 5.87. The number of nitrogens with one attached hydrogen (secondary N) is 1. The normalized spacial score (nSPS) is 24.9. The van der Waals surface area contributed by atoms with Crippen LogP contribution < -0.4 is 5.32 Å². The number of anilines is 1. The first kappa shape index (κ1) is 17.5. The molecular weight excluding hydrogens is 372 g/mol. The Morgan fingerprint density at radius 3 is 2.42 bits per heavy atom. The van der Waals surface area contributed by atoms with E-state index < -0.39 is 16.1 Å². The highest BCUT2D eigenvalue weighted by atomic mass is 35.5. The molecule has 1 N–H and O–H groups in total. The Bertz CT molecular complexity index is 942. The minimum atomic E-state index is -3.70. The summed E-state index contributed by atoms with van der Waals surface area (Å²) in [6.45, 7) is 2.31. The fourth-order valence-corrected chi connectivity index (χ4v) is 5.41. The van der Waals surface area contributed by atoms with Crippen molar-refractivity contribution in [2.75, 3.05) is 11.9 Å². The van der Waals surface area contributed by atoms with E-state index >= 15 is 0 Å². The molecule has 5 nitrogen and oxygen atoms in total. The number of hydrogen-bond acceptors (Lipinski definition) is 3. The number of piperidine rings is 1. The number of carbonyl (C=O) groups excluding carboxylic acids is 1. The zero-order valence-electron chi connectivity index (χ0n) is 14.2. The molecule has 4 rings (SSSR count). The first-order valence-electron chi connectivity index (χ1n) is 8.51. The Balaban J connectivity index is 1.59. The molecule has 1 aliphatic heterocycles. The first-order valence-corrected chi connectivity index (χ1v) is 10.3. The number of hydrogen-bond donors (Lipinski definition) is 1. The Labute approximate surface area is 158 Å². The van der Waals surface area contributed by atoms with Crippen LogP contribution in [-0.2, 0) is 14.8 Å². The minimum Gasteiger partial charge on any atom is -0.325 e. The third-order valence-electron chi connectivity index (χ3n) is 5.12. The summed E-state index contributed by atoms with van der Waals surface area (Å²) in [7, 11) is -3.70. The van der Waals surface area contributed by atoms with E-state index in [0.29, 0.717) is 17.3 Å². The van der Waals surface area contributed by atoms with E-state index in [0.717, 1.165) is 12.0 Å². The minimum absolute atomic E-state index is 0.0996. The Hall–Kier alpha value is -1.89. The van der Waals surface area contributed by atoms with E-state index in [2.05, 4.69) is 5.32 Å². The predicted molar refractivity (Wildman–Crippen MR) is 101 cm³/mol. The molecule has 0 aromatic heterocycles. The lowest BCUT2D eigenvalue weighted by Gasteiger charge is -2.26. The van der Waals surface area contributed by atoms with E-state index in [-0.39, 0.29) is 22.6 Å². The Kier molecular flexibility index (Phi) is 4.29. The van der Waals surface area contributed by atoms with E-state index in [9.17, 15) is 13.2 Å². The number of aryl methyl sites for hydroxylation is 1. The molecule has 136 valence electrons. The van der Waals surface area contributed by atoms with Crippen LogP contribution in [0.2, 0.25) is 5.02 Å². The van der Waals surface area contributed by atoms with Gasteiger partial charge in [0.15, 0.2) is 0 Å². The number of amides is 1. The van der Waals surface area contributed by atoms with E-state index in [1.54, 1.807) is 48.5 Å². The molecule has 1 amide bonds. The van der Waals surface area contributed by atoms with Crippen LogP contribution in [0.5, 0.6) is 0 Å². The number of carbonyl (C=O) groups is 1. The number of benzene rings is 2. The van der Waals surface area contributed by atoms with Crippen LogP contribution in [0.3, 0.4) is 0 Å². The van der Waals surface area contributed by atoms with E-state index in [1.807, 2.05) is 6.92 Å². The standard InChI is InChI=1S/C19H19ClN2O3S/c1-12-2-8-16(9-3-12)26(24,25)22-11-13-10-17(13)18(22)19(23)21-15-6-4-14(20)5-7-15/h2-9,13,17-18H,10-11H2,1H3,(H,21,23)/t13-,17+,18-/m1/s1. The van der Waals surface area contributed by atoms with Crippen molar-refractivity contribution in [1.82, 2.24) is 4.31 Å². The van der Waals surface area contributed by atoms with Crippen molar-refractivity contribution in [3.05, 3.63) is 59.1 Å². The second-order valence-electron chi connectivity index (χ2n) is 6.99. The number of nitrogens with zero attached hydrogens (tertiary/aromatic N) is 1. The maximum absolute atomic E-state index is 13.1. The van der Waals surface area contributed by atoms with Crippen molar-refractivity contribution in [1.29, 1.82) is 0 Å². The molecule has 7 heteroatoms. The fraction of sp³-hybridized carbons (Fsp3) is 0.316. The second-order valence-corrected chi connectivity index (χ2v) is 9.32. The number of halogens is 1. The van der Waals surface area contributed by atoms with Crippen molar-refractivity contribution >= 4 is 33.2 Å². The van der Waals surface area contributed by atoms with Gasteiger partial charge in [-0.2, -0.15) is 4.31 Å². The maximum atomic E-state index is 13.1. The quantitative estimate of drug-likeness (QED) is 0.871. The molecule has 1 saturated heterocycles. The van der Waals surface area contributed by atoms with Crippen molar-refractivity contribution in [2.24, 2.45) is 11.8 Å². The fourth-order valence-electron chi connectivity index (χ4n) is 3.59. The molecule has 1 heterocycles. The highest BCUT2D eigenvalue weighted by molar-refractivity contribution is 7.89. The molecule has 2 aromatic rings. The largest absolute Gasteiger partial charge is 0.325 e. The molecule has 1 aliphatic carbocycles. The molecule has 1 saturated carbocycles. The Morgan fingerprint density at radius 1 is 1.12 bits per heavy atom. The van der Waals surface area contributed by atoms with Crippen LogP contribution in [0, 0.1) is 18.8 Å². The van der Waals surface area contributed by atoms with Crippen LogP contribution >= 0.6 is 11.6 Å². The molecule has 2 aromatic carbocycles. The van der Waals surface area contributed by atoms with Gasteiger partial charge in [-0.15, -0.1) is 0 Å². The summed E-state index contributed by atoms with van der Waals surface area (Å²) in [6, 6.07) is 12.9. The van der Waals surface area contributed by atoms with Gasteiger partial charge >= 0.3 is 0 Å². The van der Waals surface area contributed by atoms with Gasteiger partial charge in [-0.25, -0.2) is 8.42 Å². The van der Waals surface area contributed by atoms with Crippen molar-refractivity contribution < 1.29 is 13.2 Å². The molecule has 2 aliphatic rings. The summed E-state index contributed by atoms with van der Waals surface area (Å²) in [5.74, 6) is 0.0896. The monoisotopic (exact) mass is 390 g/mol. The molecule has 0 radical (unpaired) electrons. The van der Waals surface area contributed by atoms with Gasteiger partial charge in [0.25, 0.3) is 0 Å². The van der Waals surface area contributed by atoms with Gasteiger partial charge in [0.05, 0.1) is 4.90 Å². The van der Waals surface area contributed by atoms with Crippen molar-refractivity contribution in [3.8, 4) is 0 Å². The first-order chi connectivity index (χ1) is 12.4. The lowest BCUT2D eigenvalue weighted by atomic mass is 10.2. The number of sulfonamides is 1. The molecule has 3 atom stereocenters. The van der Waals surface area contributed by atoms with Crippen molar-refractivity contribution in [2.45, 2.75) is 24.3 Å². The molecule has 0 spiro atoms. The van der Waals surface area contributed by atoms with Gasteiger partial charge < -0.3 is 5.32 Å². The van der Waals surface area contributed by atoms with E-state index in [4.69, 9.17) is 11.6 Å². The summed E-state index contributed by atoms with van der Waals surface area (Å²) < 4.78 is 27.5. The predicted octanol–water partition coefficient (Wildman–Crippen LogP) is 3.30. The van der Waals surface area contributed by atoms with Gasteiger partial charge in [0, 0.05) is 17.3 Å². The molecule has 0 bridgehead atoms. The molecular formula is C19H19ClN2O3S. The number of fused-ring (bicyclic) bond motifs is 1. The lowest BCUT2D eigenvalue weighted by Crippen LogP contribution is -2.45. The summed E-state index contributed by atoms with van der Waals surface area (Å²) in [4.78, 5) is 13.1. The topological polar surface area (TPSA) is 66.5 Å². The third kappa shape index (κ3) is 3.13. The van der Waals surface area contributed by atoms with Crippen LogP contribution in [0.4, 0.5) is 5.69 Å². The SMILES string of the molecule is Cc1ccc(S(=O)(=O)N2C[C@H]3C[C@@H]3[C@@H]2C(=O)Nc2ccc(Cl)cc2)cc1. The Morgan fingerprint density at radius 2 is 1.77 bits per heavy atom. The van der Waals surface area contributed by atoms with Gasteiger partial charge in [-0.05, 0) is 61.6 Å². The average molecular weight is 391 g/mol. The maximum Gasteiger partial charge on any atom is 0.243 e. The third-order valence-corrected chi connectivity index (χ3v) is 7.23. The summed E-state index contributed by atoms with van der Waals surface area (Å²) in [6.07, 6.45) is 0.901. The van der Waals surface area contributed by atoms with Crippen LogP contribution in [0.25, 0.3) is 0 Å². The highest BCUT2D eigenvalue weighted by Crippen LogP contribution is 2.51. The van der Waals surface area contributed by atoms with Crippen molar-refractivity contribution in [3.63, 3.8) is 0 Å². The van der Waals surface area contributed by atoms with Crippen LogP contribution in [0.15, 0.2) is 53.4 Å². The van der Waals surface area contributed by atoms with Crippen LogP contribution in [-0.4, -0.2) is 31.2 Å². The highest BCUT2D eigenvalue weighted by Gasteiger charge is 2.58. The smallest absolute Gasteiger partial charge is 0.243 e. The van der Waals surface area contributed by atoms with Crippen LogP contribution in [0.1, 0.15) is 12.0 Å². The summed E-state index contributed by atoms with van der Waals surface area (Å²) in [5.41, 5.74) is 1.60. The second kappa shape index (κ2) is 6.37. The zero-order chi connectivity index (χ0) is 18.5. The molecule has 26 heavy (non-hydrogen) atoms. The summed E-state index contributed by atoms with van der Waals surface area (Å²) in [5, 5.41) is 3.41. The zero-order valence-corrected chi connectivity index (χ0v) is 15.8. The van der Waals surface area contributed by atoms with E-state index in [1.165, 1.54) is 4.31 Å². The van der Waals surface area contributed by atoms with Gasteiger partial charge in [0.1, 0.15) is 6.04 Å². The van der Waals surface area contributed by atoms with Gasteiger partial charge in [0.2, 0.25) is 15.9 Å². The van der Waals surface area contributed by atoms with Gasteiger partial charge in [-0.1, -0.05) is 29.3 Å². The molecule has 2 fully saturated rings. The number of rotatable bonds is 4. The lowest BCUT2D eigenvalue weighted by molar-refractivity contribution is -0.119. The van der Waals surface area contributed by atoms with Gasteiger partial charge in [-0.3, -0.25) is 4.79 Å². The average Bonchev–Trinajstić information content (AvgIpc) is 3.26.